The van der Waals surface area contributed by atoms with Gasteiger partial charge < -0.3 is 10.1 Å². The molecule has 0 amide bonds. The molecular formula is C13H29NO. The molecule has 15 heavy (non-hydrogen) atoms. The van der Waals surface area contributed by atoms with E-state index in [4.69, 9.17) is 4.74 Å². The summed E-state index contributed by atoms with van der Waals surface area (Å²) in [7, 11) is 0. The second-order valence-corrected chi connectivity index (χ2v) is 5.28. The van der Waals surface area contributed by atoms with Crippen LogP contribution in [-0.2, 0) is 4.74 Å². The minimum absolute atomic E-state index is 0.410. The molecule has 0 saturated heterocycles. The Morgan fingerprint density at radius 2 is 1.67 bits per heavy atom. The minimum atomic E-state index is 0.410. The first-order valence-electron chi connectivity index (χ1n) is 6.34. The minimum Gasteiger partial charge on any atom is -0.378 e. The number of nitrogens with one attached hydrogen (secondary N) is 1. The Kier molecular flexibility index (Phi) is 9.12. The highest BCUT2D eigenvalue weighted by Crippen LogP contribution is 2.03. The third-order valence-electron chi connectivity index (χ3n) is 2.23. The van der Waals surface area contributed by atoms with Crippen molar-refractivity contribution >= 4 is 0 Å². The summed E-state index contributed by atoms with van der Waals surface area (Å²) in [6.45, 7) is 14.2. The summed E-state index contributed by atoms with van der Waals surface area (Å²) in [6.07, 6.45) is 2.79. The number of rotatable bonds is 9. The fraction of sp³-hybridized carbons (Fsp3) is 1.00. The van der Waals surface area contributed by atoms with Gasteiger partial charge in [0.15, 0.2) is 0 Å². The van der Waals surface area contributed by atoms with Crippen molar-refractivity contribution in [1.82, 2.24) is 5.32 Å². The lowest BCUT2D eigenvalue weighted by Gasteiger charge is -2.15. The van der Waals surface area contributed by atoms with E-state index in [1.807, 2.05) is 0 Å². The Hall–Kier alpha value is -0.0800. The molecule has 0 heterocycles. The zero-order chi connectivity index (χ0) is 11.7. The SMILES string of the molecule is CC(C)CNCCCC(C)OCC(C)C. The van der Waals surface area contributed by atoms with Gasteiger partial charge in [0.05, 0.1) is 6.10 Å². The summed E-state index contributed by atoms with van der Waals surface area (Å²) in [5.41, 5.74) is 0. The summed E-state index contributed by atoms with van der Waals surface area (Å²) >= 11 is 0. The lowest BCUT2D eigenvalue weighted by atomic mass is 10.2. The Labute approximate surface area is 95.8 Å². The van der Waals surface area contributed by atoms with Crippen LogP contribution in [0, 0.1) is 11.8 Å². The molecular weight excluding hydrogens is 186 g/mol. The topological polar surface area (TPSA) is 21.3 Å². The highest BCUT2D eigenvalue weighted by molar-refractivity contribution is 4.56. The first-order chi connectivity index (χ1) is 7.02. The van der Waals surface area contributed by atoms with E-state index in [-0.39, 0.29) is 0 Å². The molecule has 1 atom stereocenters. The maximum Gasteiger partial charge on any atom is 0.0547 e. The quantitative estimate of drug-likeness (QED) is 0.597. The van der Waals surface area contributed by atoms with Crippen molar-refractivity contribution in [3.63, 3.8) is 0 Å². The largest absolute Gasteiger partial charge is 0.378 e. The van der Waals surface area contributed by atoms with E-state index >= 15 is 0 Å². The van der Waals surface area contributed by atoms with Gasteiger partial charge in [-0.15, -0.1) is 0 Å². The smallest absolute Gasteiger partial charge is 0.0547 e. The molecule has 1 unspecified atom stereocenters. The van der Waals surface area contributed by atoms with Crippen molar-refractivity contribution in [3.8, 4) is 0 Å². The lowest BCUT2D eigenvalue weighted by molar-refractivity contribution is 0.0414. The van der Waals surface area contributed by atoms with Crippen molar-refractivity contribution in [2.45, 2.75) is 53.6 Å². The molecule has 0 fully saturated rings. The van der Waals surface area contributed by atoms with E-state index in [1.165, 1.54) is 6.42 Å². The molecule has 0 aliphatic carbocycles. The van der Waals surface area contributed by atoms with Crippen molar-refractivity contribution in [2.75, 3.05) is 19.7 Å². The van der Waals surface area contributed by atoms with Gasteiger partial charge in [-0.25, -0.2) is 0 Å². The van der Waals surface area contributed by atoms with Crippen molar-refractivity contribution in [1.29, 1.82) is 0 Å². The Morgan fingerprint density at radius 1 is 1.00 bits per heavy atom. The van der Waals surface area contributed by atoms with Gasteiger partial charge in [-0.1, -0.05) is 27.7 Å². The highest BCUT2D eigenvalue weighted by atomic mass is 16.5. The van der Waals surface area contributed by atoms with Gasteiger partial charge in [0, 0.05) is 6.61 Å². The summed E-state index contributed by atoms with van der Waals surface area (Å²) in [5, 5.41) is 3.45. The first kappa shape index (κ1) is 14.9. The fourth-order valence-electron chi connectivity index (χ4n) is 1.35. The van der Waals surface area contributed by atoms with Crippen LogP contribution in [0.4, 0.5) is 0 Å². The van der Waals surface area contributed by atoms with Crippen molar-refractivity contribution < 1.29 is 4.74 Å². The van der Waals surface area contributed by atoms with Gasteiger partial charge in [0.1, 0.15) is 0 Å². The Morgan fingerprint density at radius 3 is 2.20 bits per heavy atom. The predicted octanol–water partition coefficient (Wildman–Crippen LogP) is 3.07. The standard InChI is InChI=1S/C13H29NO/c1-11(2)9-14-8-6-7-13(5)15-10-12(3)4/h11-14H,6-10H2,1-5H3. The average molecular weight is 215 g/mol. The van der Waals surface area contributed by atoms with Gasteiger partial charge in [0.25, 0.3) is 0 Å². The van der Waals surface area contributed by atoms with Crippen LogP contribution in [0.3, 0.4) is 0 Å². The first-order valence-corrected chi connectivity index (χ1v) is 6.34. The van der Waals surface area contributed by atoms with Crippen LogP contribution in [0.25, 0.3) is 0 Å². The number of hydrogen-bond acceptors (Lipinski definition) is 2. The van der Waals surface area contributed by atoms with Gasteiger partial charge in [-0.2, -0.15) is 0 Å². The molecule has 0 aromatic carbocycles. The van der Waals surface area contributed by atoms with E-state index < -0.39 is 0 Å². The van der Waals surface area contributed by atoms with E-state index in [0.717, 1.165) is 32.0 Å². The molecule has 0 rings (SSSR count). The molecule has 92 valence electrons. The number of ether oxygens (including phenoxy) is 1. The summed E-state index contributed by atoms with van der Waals surface area (Å²) in [6, 6.07) is 0. The van der Waals surface area contributed by atoms with Crippen LogP contribution < -0.4 is 5.32 Å². The van der Waals surface area contributed by atoms with Gasteiger partial charge >= 0.3 is 0 Å². The second-order valence-electron chi connectivity index (χ2n) is 5.28. The van der Waals surface area contributed by atoms with Gasteiger partial charge in [0.2, 0.25) is 0 Å². The Balaban J connectivity index is 3.20. The van der Waals surface area contributed by atoms with Gasteiger partial charge in [-0.05, 0) is 44.7 Å². The molecule has 0 aromatic heterocycles. The fourth-order valence-corrected chi connectivity index (χ4v) is 1.35. The van der Waals surface area contributed by atoms with Crippen molar-refractivity contribution in [3.05, 3.63) is 0 Å². The van der Waals surface area contributed by atoms with Gasteiger partial charge in [-0.3, -0.25) is 0 Å². The van der Waals surface area contributed by atoms with E-state index in [0.29, 0.717) is 12.0 Å². The summed E-state index contributed by atoms with van der Waals surface area (Å²) < 4.78 is 5.70. The van der Waals surface area contributed by atoms with Crippen LogP contribution in [0.5, 0.6) is 0 Å². The molecule has 0 radical (unpaired) electrons. The van der Waals surface area contributed by atoms with Crippen LogP contribution in [0.15, 0.2) is 0 Å². The maximum atomic E-state index is 5.70. The van der Waals surface area contributed by atoms with E-state index in [2.05, 4.69) is 39.9 Å². The third kappa shape index (κ3) is 11.8. The molecule has 2 heteroatoms. The zero-order valence-electron chi connectivity index (χ0n) is 11.2. The van der Waals surface area contributed by atoms with E-state index in [9.17, 15) is 0 Å². The Bertz CT molecular complexity index is 134. The summed E-state index contributed by atoms with van der Waals surface area (Å²) in [5.74, 6) is 1.39. The molecule has 0 saturated carbocycles. The second kappa shape index (κ2) is 9.17. The van der Waals surface area contributed by atoms with Crippen LogP contribution >= 0.6 is 0 Å². The zero-order valence-corrected chi connectivity index (χ0v) is 11.2. The van der Waals surface area contributed by atoms with Crippen LogP contribution in [-0.4, -0.2) is 25.8 Å². The number of hydrogen-bond donors (Lipinski definition) is 1. The average Bonchev–Trinajstić information content (AvgIpc) is 2.13. The normalized spacial score (nSPS) is 13.8. The third-order valence-corrected chi connectivity index (χ3v) is 2.23. The molecule has 0 bridgehead atoms. The van der Waals surface area contributed by atoms with Crippen LogP contribution in [0.1, 0.15) is 47.5 Å². The highest BCUT2D eigenvalue weighted by Gasteiger charge is 2.03. The maximum absolute atomic E-state index is 5.70. The molecule has 0 spiro atoms. The monoisotopic (exact) mass is 215 g/mol. The molecule has 0 aliphatic rings. The molecule has 0 aliphatic heterocycles. The molecule has 1 N–H and O–H groups in total. The lowest BCUT2D eigenvalue weighted by Crippen LogP contribution is -2.22. The van der Waals surface area contributed by atoms with Crippen molar-refractivity contribution in [2.24, 2.45) is 11.8 Å². The van der Waals surface area contributed by atoms with Crippen LogP contribution in [0.2, 0.25) is 0 Å². The summed E-state index contributed by atoms with van der Waals surface area (Å²) in [4.78, 5) is 0. The molecule has 0 aromatic rings. The molecule has 2 nitrogen and oxygen atoms in total. The van der Waals surface area contributed by atoms with E-state index in [1.54, 1.807) is 0 Å². The predicted molar refractivity (Wildman–Crippen MR) is 67.2 cm³/mol.